The number of rotatable bonds is 4. The molecule has 3 rings (SSSR count). The second kappa shape index (κ2) is 6.20. The molecule has 0 aliphatic heterocycles. The molecule has 0 spiro atoms. The average Bonchev–Trinajstić information content (AvgIpc) is 3.09. The number of anilines is 1. The predicted octanol–water partition coefficient (Wildman–Crippen LogP) is 5.80. The lowest BCUT2D eigenvalue weighted by Gasteiger charge is -2.17. The molecule has 0 aliphatic carbocycles. The summed E-state index contributed by atoms with van der Waals surface area (Å²) in [5, 5.41) is 3.53. The van der Waals surface area contributed by atoms with Crippen LogP contribution in [0, 0.1) is 3.57 Å². The molecule has 20 heavy (non-hydrogen) atoms. The number of halogens is 2. The molecule has 1 atom stereocenters. The van der Waals surface area contributed by atoms with E-state index in [4.69, 9.17) is 16.0 Å². The Labute approximate surface area is 139 Å². The van der Waals surface area contributed by atoms with E-state index in [9.17, 15) is 0 Å². The van der Waals surface area contributed by atoms with Crippen molar-refractivity contribution in [3.8, 4) is 0 Å². The van der Waals surface area contributed by atoms with Gasteiger partial charge in [-0.15, -0.1) is 11.3 Å². The van der Waals surface area contributed by atoms with Gasteiger partial charge in [0.05, 0.1) is 10.6 Å². The Morgan fingerprint density at radius 1 is 1.10 bits per heavy atom. The van der Waals surface area contributed by atoms with Crippen LogP contribution in [0.3, 0.4) is 0 Å². The summed E-state index contributed by atoms with van der Waals surface area (Å²) in [6, 6.07) is 16.0. The van der Waals surface area contributed by atoms with Crippen molar-refractivity contribution in [3.05, 3.63) is 73.3 Å². The smallest absolute Gasteiger partial charge is 0.131 e. The molecule has 0 fully saturated rings. The minimum Gasteiger partial charge on any atom is -0.467 e. The molecule has 2 heterocycles. The predicted molar refractivity (Wildman–Crippen MR) is 92.7 cm³/mol. The summed E-state index contributed by atoms with van der Waals surface area (Å²) in [5.74, 6) is 0.878. The van der Waals surface area contributed by atoms with Gasteiger partial charge in [-0.2, -0.15) is 0 Å². The van der Waals surface area contributed by atoms with Crippen molar-refractivity contribution in [3.63, 3.8) is 0 Å². The third-order valence-electron chi connectivity index (χ3n) is 2.88. The van der Waals surface area contributed by atoms with Crippen LogP contribution in [-0.2, 0) is 0 Å². The molecule has 0 saturated carbocycles. The number of hydrogen-bond donors (Lipinski definition) is 1. The molecule has 5 heteroatoms. The SMILES string of the molecule is Clc1ccc(C(Nc2ccccc2I)c2ccco2)s1. The van der Waals surface area contributed by atoms with Gasteiger partial charge in [0.15, 0.2) is 0 Å². The lowest BCUT2D eigenvalue weighted by molar-refractivity contribution is 0.500. The number of hydrogen-bond acceptors (Lipinski definition) is 3. The van der Waals surface area contributed by atoms with Gasteiger partial charge in [0.1, 0.15) is 11.8 Å². The maximum atomic E-state index is 6.06. The Balaban J connectivity index is 1.97. The zero-order chi connectivity index (χ0) is 13.9. The molecule has 1 N–H and O–H groups in total. The van der Waals surface area contributed by atoms with Crippen LogP contribution in [0.2, 0.25) is 4.34 Å². The highest BCUT2D eigenvalue weighted by atomic mass is 127. The van der Waals surface area contributed by atoms with Crippen molar-refractivity contribution in [1.82, 2.24) is 0 Å². The first-order valence-electron chi connectivity index (χ1n) is 6.04. The number of benzene rings is 1. The van der Waals surface area contributed by atoms with Crippen molar-refractivity contribution in [2.75, 3.05) is 5.32 Å². The molecule has 0 saturated heterocycles. The van der Waals surface area contributed by atoms with Crippen LogP contribution >= 0.6 is 45.5 Å². The lowest BCUT2D eigenvalue weighted by atomic mass is 10.1. The fourth-order valence-electron chi connectivity index (χ4n) is 1.96. The molecular formula is C15H11ClINOS. The zero-order valence-corrected chi connectivity index (χ0v) is 14.1. The fourth-order valence-corrected chi connectivity index (χ4v) is 3.62. The largest absolute Gasteiger partial charge is 0.467 e. The summed E-state index contributed by atoms with van der Waals surface area (Å²) in [6.45, 7) is 0. The highest BCUT2D eigenvalue weighted by Crippen LogP contribution is 2.34. The summed E-state index contributed by atoms with van der Waals surface area (Å²) in [6.07, 6.45) is 1.69. The first-order chi connectivity index (χ1) is 9.74. The highest BCUT2D eigenvalue weighted by molar-refractivity contribution is 14.1. The Morgan fingerprint density at radius 3 is 2.60 bits per heavy atom. The number of nitrogens with one attached hydrogen (secondary N) is 1. The van der Waals surface area contributed by atoms with E-state index in [2.05, 4.69) is 40.0 Å². The molecule has 2 aromatic heterocycles. The van der Waals surface area contributed by atoms with E-state index in [-0.39, 0.29) is 6.04 Å². The van der Waals surface area contributed by atoms with Crippen molar-refractivity contribution >= 4 is 51.2 Å². The zero-order valence-electron chi connectivity index (χ0n) is 10.3. The first kappa shape index (κ1) is 14.0. The van der Waals surface area contributed by atoms with Gasteiger partial charge < -0.3 is 9.73 Å². The molecule has 0 amide bonds. The molecule has 1 aromatic carbocycles. The quantitative estimate of drug-likeness (QED) is 0.545. The Morgan fingerprint density at radius 2 is 1.95 bits per heavy atom. The van der Waals surface area contributed by atoms with Crippen molar-refractivity contribution in [2.24, 2.45) is 0 Å². The van der Waals surface area contributed by atoms with Gasteiger partial charge >= 0.3 is 0 Å². The van der Waals surface area contributed by atoms with E-state index in [1.165, 1.54) is 3.57 Å². The minimum atomic E-state index is -0.0292. The molecule has 1 unspecified atom stereocenters. The van der Waals surface area contributed by atoms with E-state index in [1.54, 1.807) is 17.6 Å². The number of thiophene rings is 1. The molecule has 0 bridgehead atoms. The van der Waals surface area contributed by atoms with Crippen molar-refractivity contribution in [2.45, 2.75) is 6.04 Å². The molecule has 0 radical (unpaired) electrons. The second-order valence-corrected chi connectivity index (χ2v) is 7.12. The van der Waals surface area contributed by atoms with Gasteiger partial charge in [-0.25, -0.2) is 0 Å². The summed E-state index contributed by atoms with van der Waals surface area (Å²) >= 11 is 9.94. The van der Waals surface area contributed by atoms with Crippen molar-refractivity contribution < 1.29 is 4.42 Å². The van der Waals surface area contributed by atoms with Crippen molar-refractivity contribution in [1.29, 1.82) is 0 Å². The van der Waals surface area contributed by atoms with Gasteiger partial charge in [-0.05, 0) is 59.0 Å². The van der Waals surface area contributed by atoms with Crippen LogP contribution in [0.5, 0.6) is 0 Å². The normalized spacial score (nSPS) is 12.3. The van der Waals surface area contributed by atoms with Gasteiger partial charge in [-0.3, -0.25) is 0 Å². The highest BCUT2D eigenvalue weighted by Gasteiger charge is 2.19. The van der Waals surface area contributed by atoms with E-state index in [0.29, 0.717) is 0 Å². The molecule has 0 aliphatic rings. The van der Waals surface area contributed by atoms with Crippen LogP contribution in [0.1, 0.15) is 16.7 Å². The maximum Gasteiger partial charge on any atom is 0.131 e. The molecule has 2 nitrogen and oxygen atoms in total. The van der Waals surface area contributed by atoms with Gasteiger partial charge in [-0.1, -0.05) is 23.7 Å². The van der Waals surface area contributed by atoms with Crippen LogP contribution in [0.15, 0.2) is 59.2 Å². The van der Waals surface area contributed by atoms with Gasteiger partial charge in [0.25, 0.3) is 0 Å². The van der Waals surface area contributed by atoms with E-state index in [1.807, 2.05) is 36.4 Å². The Hall–Kier alpha value is -0.980. The number of para-hydroxylation sites is 1. The lowest BCUT2D eigenvalue weighted by Crippen LogP contribution is -2.11. The van der Waals surface area contributed by atoms with Crippen LogP contribution in [0.25, 0.3) is 0 Å². The summed E-state index contributed by atoms with van der Waals surface area (Å²) in [5.41, 5.74) is 1.08. The summed E-state index contributed by atoms with van der Waals surface area (Å²) < 4.78 is 7.52. The van der Waals surface area contributed by atoms with E-state index in [0.717, 1.165) is 20.7 Å². The van der Waals surface area contributed by atoms with E-state index < -0.39 is 0 Å². The Kier molecular flexibility index (Phi) is 4.33. The minimum absolute atomic E-state index is 0.0292. The molecular weight excluding hydrogens is 405 g/mol. The third-order valence-corrected chi connectivity index (χ3v) is 5.12. The topological polar surface area (TPSA) is 25.2 Å². The van der Waals surface area contributed by atoms with Gasteiger partial charge in [0.2, 0.25) is 0 Å². The summed E-state index contributed by atoms with van der Waals surface area (Å²) in [7, 11) is 0. The first-order valence-corrected chi connectivity index (χ1v) is 8.31. The molecule has 102 valence electrons. The van der Waals surface area contributed by atoms with Crippen LogP contribution < -0.4 is 5.32 Å². The third kappa shape index (κ3) is 3.02. The number of furan rings is 1. The molecule has 3 aromatic rings. The van der Waals surface area contributed by atoms with Crippen LogP contribution in [0.4, 0.5) is 5.69 Å². The standard InChI is InChI=1S/C15H11ClINOS/c16-14-8-7-13(20-14)15(12-6-3-9-19-12)18-11-5-2-1-4-10(11)17/h1-9,15,18H. The maximum absolute atomic E-state index is 6.06. The van der Waals surface area contributed by atoms with Crippen LogP contribution in [-0.4, -0.2) is 0 Å². The Bertz CT molecular complexity index is 695. The van der Waals surface area contributed by atoms with Gasteiger partial charge in [0, 0.05) is 14.1 Å². The average molecular weight is 416 g/mol. The summed E-state index contributed by atoms with van der Waals surface area (Å²) in [4.78, 5) is 1.13. The fraction of sp³-hybridized carbons (Fsp3) is 0.0667. The monoisotopic (exact) mass is 415 g/mol. The van der Waals surface area contributed by atoms with E-state index >= 15 is 0 Å². The second-order valence-electron chi connectivity index (χ2n) is 4.21.